The second-order valence-electron chi connectivity index (χ2n) is 9.59. The lowest BCUT2D eigenvalue weighted by Gasteiger charge is -2.31. The van der Waals surface area contributed by atoms with Gasteiger partial charge in [-0.2, -0.15) is 0 Å². The minimum absolute atomic E-state index is 0.000163. The van der Waals surface area contributed by atoms with Gasteiger partial charge in [0.05, 0.1) is 31.0 Å². The van der Waals surface area contributed by atoms with Gasteiger partial charge in [0.25, 0.3) is 11.8 Å². The van der Waals surface area contributed by atoms with Crippen molar-refractivity contribution < 1.29 is 19.1 Å². The average Bonchev–Trinajstić information content (AvgIpc) is 3.52. The topological polar surface area (TPSA) is 106 Å². The molecule has 0 saturated carbocycles. The minimum Gasteiger partial charge on any atom is -0.497 e. The van der Waals surface area contributed by atoms with Crippen LogP contribution in [0.2, 0.25) is 0 Å². The van der Waals surface area contributed by atoms with Crippen LogP contribution in [-0.4, -0.2) is 46.0 Å². The number of nitrogens with one attached hydrogen (secondary N) is 2. The number of urea groups is 1. The summed E-state index contributed by atoms with van der Waals surface area (Å²) in [6.45, 7) is 2.37. The molecule has 1 aromatic heterocycles. The Morgan fingerprint density at radius 1 is 1.03 bits per heavy atom. The third-order valence-corrected chi connectivity index (χ3v) is 7.30. The monoisotopic (exact) mass is 495 g/mol. The van der Waals surface area contributed by atoms with E-state index in [1.54, 1.807) is 30.5 Å². The fourth-order valence-corrected chi connectivity index (χ4v) is 5.30. The predicted octanol–water partition coefficient (Wildman–Crippen LogP) is 3.25. The maximum Gasteiger partial charge on any atom is 0.322 e. The Morgan fingerprint density at radius 2 is 1.81 bits per heavy atom. The number of aryl methyl sites for hydroxylation is 2. The highest BCUT2D eigenvalue weighted by molar-refractivity contribution is 6.08. The SMILES string of the molecule is COc1ccc2c(c1)C(=O)N(C[C@@]1(c3ccc(-c4cc(C)c5ncn(C)c5c4)cc3)NC(=O)NC1=O)C2. The lowest BCUT2D eigenvalue weighted by Crippen LogP contribution is -2.52. The molecule has 4 aromatic rings. The number of amides is 4. The maximum atomic E-state index is 13.2. The fraction of sp³-hybridized carbons (Fsp3) is 0.214. The third kappa shape index (κ3) is 3.54. The molecule has 3 aromatic carbocycles. The van der Waals surface area contributed by atoms with Gasteiger partial charge in [-0.25, -0.2) is 9.78 Å². The molecule has 3 heterocycles. The van der Waals surface area contributed by atoms with Crippen LogP contribution in [0.25, 0.3) is 22.2 Å². The fourth-order valence-electron chi connectivity index (χ4n) is 5.30. The zero-order chi connectivity index (χ0) is 25.9. The standard InChI is InChI=1S/C28H25N5O4/c1-16-10-19(11-23-24(16)29-15-32(23)2)17-4-7-20(8-5-17)28(26(35)30-27(36)31-28)14-33-13-18-6-9-21(37-3)12-22(18)25(33)34/h4-12,15H,13-14H2,1-3H3,(H2,30,31,35,36)/t28-/m0/s1. The zero-order valence-corrected chi connectivity index (χ0v) is 20.7. The normalized spacial score (nSPS) is 18.8. The summed E-state index contributed by atoms with van der Waals surface area (Å²) < 4.78 is 7.24. The van der Waals surface area contributed by atoms with Gasteiger partial charge in [-0.3, -0.25) is 14.9 Å². The Morgan fingerprint density at radius 3 is 2.51 bits per heavy atom. The number of hydrogen-bond donors (Lipinski definition) is 2. The molecule has 0 spiro atoms. The molecule has 1 fully saturated rings. The molecular formula is C28H25N5O4. The van der Waals surface area contributed by atoms with Crippen LogP contribution < -0.4 is 15.4 Å². The lowest BCUT2D eigenvalue weighted by atomic mass is 9.88. The smallest absolute Gasteiger partial charge is 0.322 e. The van der Waals surface area contributed by atoms with Crippen LogP contribution in [-0.2, 0) is 23.9 Å². The van der Waals surface area contributed by atoms with Crippen LogP contribution in [0.3, 0.4) is 0 Å². The van der Waals surface area contributed by atoms with Gasteiger partial charge in [-0.15, -0.1) is 0 Å². The lowest BCUT2D eigenvalue weighted by molar-refractivity contribution is -0.124. The first-order valence-corrected chi connectivity index (χ1v) is 11.9. The van der Waals surface area contributed by atoms with Crippen LogP contribution in [0, 0.1) is 6.92 Å². The second-order valence-corrected chi connectivity index (χ2v) is 9.59. The molecule has 1 saturated heterocycles. The number of benzene rings is 3. The average molecular weight is 496 g/mol. The number of nitrogens with zero attached hydrogens (tertiary/aromatic N) is 3. The van der Waals surface area contributed by atoms with Crippen LogP contribution >= 0.6 is 0 Å². The Labute approximate surface area is 213 Å². The van der Waals surface area contributed by atoms with Crippen molar-refractivity contribution in [1.82, 2.24) is 25.1 Å². The third-order valence-electron chi connectivity index (χ3n) is 7.30. The summed E-state index contributed by atoms with van der Waals surface area (Å²) >= 11 is 0. The first kappa shape index (κ1) is 22.8. The van der Waals surface area contributed by atoms with Crippen molar-refractivity contribution in [1.29, 1.82) is 0 Å². The van der Waals surface area contributed by atoms with E-state index in [2.05, 4.69) is 27.8 Å². The van der Waals surface area contributed by atoms with Crippen molar-refractivity contribution in [3.63, 3.8) is 0 Å². The molecule has 0 radical (unpaired) electrons. The van der Waals surface area contributed by atoms with Crippen LogP contribution in [0.15, 0.2) is 60.9 Å². The number of imide groups is 1. The zero-order valence-electron chi connectivity index (χ0n) is 20.7. The van der Waals surface area contributed by atoms with Crippen molar-refractivity contribution >= 4 is 28.9 Å². The predicted molar refractivity (Wildman–Crippen MR) is 137 cm³/mol. The van der Waals surface area contributed by atoms with Gasteiger partial charge in [0.1, 0.15) is 5.75 Å². The van der Waals surface area contributed by atoms with Gasteiger partial charge < -0.3 is 19.5 Å². The molecular weight excluding hydrogens is 470 g/mol. The Bertz CT molecular complexity index is 1610. The van der Waals surface area contributed by atoms with Crippen LogP contribution in [0.1, 0.15) is 27.0 Å². The molecule has 2 aliphatic rings. The highest BCUT2D eigenvalue weighted by Crippen LogP contribution is 2.34. The summed E-state index contributed by atoms with van der Waals surface area (Å²) in [6, 6.07) is 16.5. The van der Waals surface area contributed by atoms with E-state index in [4.69, 9.17) is 4.74 Å². The van der Waals surface area contributed by atoms with Crippen molar-refractivity contribution in [3.05, 3.63) is 83.2 Å². The largest absolute Gasteiger partial charge is 0.497 e. The van der Waals surface area contributed by atoms with Crippen molar-refractivity contribution in [3.8, 4) is 16.9 Å². The van der Waals surface area contributed by atoms with E-state index in [-0.39, 0.29) is 12.5 Å². The summed E-state index contributed by atoms with van der Waals surface area (Å²) in [5.74, 6) is -0.108. The number of hydrogen-bond acceptors (Lipinski definition) is 5. The number of methoxy groups -OCH3 is 1. The number of imidazole rings is 1. The summed E-state index contributed by atoms with van der Waals surface area (Å²) in [7, 11) is 3.51. The van der Waals surface area contributed by atoms with Crippen LogP contribution in [0.4, 0.5) is 4.79 Å². The van der Waals surface area contributed by atoms with Crippen molar-refractivity contribution in [2.75, 3.05) is 13.7 Å². The number of carbonyl (C=O) groups is 3. The van der Waals surface area contributed by atoms with Gasteiger partial charge >= 0.3 is 6.03 Å². The highest BCUT2D eigenvalue weighted by atomic mass is 16.5. The first-order valence-electron chi connectivity index (χ1n) is 11.9. The molecule has 0 bridgehead atoms. The van der Waals surface area contributed by atoms with Gasteiger partial charge in [0.2, 0.25) is 0 Å². The molecule has 2 aliphatic heterocycles. The molecule has 2 N–H and O–H groups in total. The molecule has 37 heavy (non-hydrogen) atoms. The molecule has 0 aliphatic carbocycles. The minimum atomic E-state index is -1.40. The van der Waals surface area contributed by atoms with Gasteiger partial charge in [-0.1, -0.05) is 30.3 Å². The van der Waals surface area contributed by atoms with Gasteiger partial charge in [-0.05, 0) is 59.0 Å². The Kier molecular flexibility index (Phi) is 5.04. The maximum absolute atomic E-state index is 13.2. The number of ether oxygens (including phenoxy) is 1. The van der Waals surface area contributed by atoms with E-state index < -0.39 is 17.5 Å². The van der Waals surface area contributed by atoms with E-state index >= 15 is 0 Å². The highest BCUT2D eigenvalue weighted by Gasteiger charge is 2.50. The molecule has 0 unspecified atom stereocenters. The number of aromatic nitrogens is 2. The summed E-state index contributed by atoms with van der Waals surface area (Å²) in [4.78, 5) is 44.7. The van der Waals surface area contributed by atoms with E-state index in [1.165, 1.54) is 0 Å². The Hall–Kier alpha value is -4.66. The quantitative estimate of drug-likeness (QED) is 0.414. The van der Waals surface area contributed by atoms with Crippen molar-refractivity contribution in [2.24, 2.45) is 7.05 Å². The van der Waals surface area contributed by atoms with E-state index in [0.717, 1.165) is 33.3 Å². The van der Waals surface area contributed by atoms with Gasteiger partial charge in [0.15, 0.2) is 5.54 Å². The molecule has 9 heteroatoms. The van der Waals surface area contributed by atoms with E-state index in [1.807, 2.05) is 48.9 Å². The number of rotatable bonds is 5. The molecule has 9 nitrogen and oxygen atoms in total. The summed E-state index contributed by atoms with van der Waals surface area (Å²) in [6.07, 6.45) is 1.80. The van der Waals surface area contributed by atoms with E-state index in [9.17, 15) is 14.4 Å². The van der Waals surface area contributed by atoms with Gasteiger partial charge in [0, 0.05) is 19.2 Å². The molecule has 1 atom stereocenters. The Balaban J connectivity index is 1.35. The number of carbonyl (C=O) groups excluding carboxylic acids is 3. The number of fused-ring (bicyclic) bond motifs is 2. The first-order chi connectivity index (χ1) is 17.8. The summed E-state index contributed by atoms with van der Waals surface area (Å²) in [5, 5.41) is 5.15. The molecule has 186 valence electrons. The van der Waals surface area contributed by atoms with E-state index in [0.29, 0.717) is 23.4 Å². The van der Waals surface area contributed by atoms with Crippen LogP contribution in [0.5, 0.6) is 5.75 Å². The summed E-state index contributed by atoms with van der Waals surface area (Å²) in [5.41, 5.74) is 5.62. The second kappa shape index (κ2) is 8.19. The molecule has 4 amide bonds. The van der Waals surface area contributed by atoms with Crippen molar-refractivity contribution in [2.45, 2.75) is 19.0 Å². The molecule has 6 rings (SSSR count).